The number of rotatable bonds is 6. The van der Waals surface area contributed by atoms with Crippen molar-refractivity contribution in [3.8, 4) is 0 Å². The molecule has 3 rings (SSSR count). The number of esters is 1. The van der Waals surface area contributed by atoms with Crippen LogP contribution in [-0.2, 0) is 20.9 Å². The lowest BCUT2D eigenvalue weighted by atomic mass is 10.1. The first-order valence-corrected chi connectivity index (χ1v) is 9.52. The lowest BCUT2D eigenvalue weighted by Crippen LogP contribution is -2.53. The van der Waals surface area contributed by atoms with E-state index in [1.165, 1.54) is 19.6 Å². The molecule has 0 aromatic heterocycles. The van der Waals surface area contributed by atoms with Crippen molar-refractivity contribution in [2.45, 2.75) is 25.9 Å². The summed E-state index contributed by atoms with van der Waals surface area (Å²) in [5.41, 5.74) is 3.08. The molecule has 0 aliphatic carbocycles. The molecule has 1 saturated heterocycles. The molecule has 1 atom stereocenters. The lowest BCUT2D eigenvalue weighted by Gasteiger charge is -2.42. The highest BCUT2D eigenvalue weighted by Crippen LogP contribution is 2.25. The minimum atomic E-state index is -0.202. The van der Waals surface area contributed by atoms with E-state index in [4.69, 9.17) is 4.74 Å². The van der Waals surface area contributed by atoms with Gasteiger partial charge < -0.3 is 15.0 Å². The first-order valence-electron chi connectivity index (χ1n) is 9.52. The number of carbonyl (C=O) groups excluding carboxylic acids is 2. The Kier molecular flexibility index (Phi) is 6.66. The van der Waals surface area contributed by atoms with Gasteiger partial charge in [0.2, 0.25) is 5.91 Å². The predicted octanol–water partition coefficient (Wildman–Crippen LogP) is 2.90. The van der Waals surface area contributed by atoms with Gasteiger partial charge in [0.1, 0.15) is 0 Å². The Hall–Kier alpha value is -2.86. The highest BCUT2D eigenvalue weighted by Gasteiger charge is 2.29. The third-order valence-corrected chi connectivity index (χ3v) is 4.97. The van der Waals surface area contributed by atoms with Crippen LogP contribution in [-0.4, -0.2) is 49.6 Å². The van der Waals surface area contributed by atoms with Crippen molar-refractivity contribution >= 4 is 23.3 Å². The van der Waals surface area contributed by atoms with Crippen molar-refractivity contribution in [3.63, 3.8) is 0 Å². The number of carbonyl (C=O) groups is 2. The van der Waals surface area contributed by atoms with Crippen molar-refractivity contribution in [3.05, 3.63) is 60.2 Å². The number of hydrogen-bond donors (Lipinski definition) is 1. The molecule has 2 aromatic carbocycles. The minimum Gasteiger partial charge on any atom is -0.469 e. The number of benzene rings is 2. The van der Waals surface area contributed by atoms with Crippen molar-refractivity contribution in [2.24, 2.45) is 0 Å². The SMILES string of the molecule is COC(=O)CC1CN(Cc2ccccc2)CCN1c1ccc(NC(C)=O)cc1. The van der Waals surface area contributed by atoms with E-state index >= 15 is 0 Å². The van der Waals surface area contributed by atoms with Crippen LogP contribution in [0.3, 0.4) is 0 Å². The molecule has 0 radical (unpaired) electrons. The van der Waals surface area contributed by atoms with Crippen molar-refractivity contribution < 1.29 is 14.3 Å². The Morgan fingerprint density at radius 2 is 1.79 bits per heavy atom. The second-order valence-corrected chi connectivity index (χ2v) is 7.08. The van der Waals surface area contributed by atoms with Crippen LogP contribution in [0.4, 0.5) is 11.4 Å². The second-order valence-electron chi connectivity index (χ2n) is 7.08. The molecule has 1 fully saturated rings. The fourth-order valence-corrected chi connectivity index (χ4v) is 3.63. The first-order chi connectivity index (χ1) is 13.5. The van der Waals surface area contributed by atoms with E-state index in [9.17, 15) is 9.59 Å². The number of nitrogens with one attached hydrogen (secondary N) is 1. The third kappa shape index (κ3) is 5.33. The Morgan fingerprint density at radius 1 is 1.07 bits per heavy atom. The third-order valence-electron chi connectivity index (χ3n) is 4.97. The summed E-state index contributed by atoms with van der Waals surface area (Å²) in [7, 11) is 1.43. The average Bonchev–Trinajstić information content (AvgIpc) is 2.69. The van der Waals surface area contributed by atoms with E-state index in [1.54, 1.807) is 0 Å². The fraction of sp³-hybridized carbons (Fsp3) is 0.364. The fourth-order valence-electron chi connectivity index (χ4n) is 3.63. The highest BCUT2D eigenvalue weighted by molar-refractivity contribution is 5.88. The van der Waals surface area contributed by atoms with Crippen molar-refractivity contribution in [2.75, 3.05) is 37.0 Å². The number of nitrogens with zero attached hydrogens (tertiary/aromatic N) is 2. The van der Waals surface area contributed by atoms with Gasteiger partial charge in [-0.15, -0.1) is 0 Å². The van der Waals surface area contributed by atoms with Gasteiger partial charge in [-0.05, 0) is 29.8 Å². The van der Waals surface area contributed by atoms with Gasteiger partial charge in [-0.3, -0.25) is 14.5 Å². The summed E-state index contributed by atoms with van der Waals surface area (Å²) in [6.07, 6.45) is 0.342. The van der Waals surface area contributed by atoms with E-state index in [1.807, 2.05) is 42.5 Å². The van der Waals surface area contributed by atoms with Crippen LogP contribution in [0.25, 0.3) is 0 Å². The summed E-state index contributed by atoms with van der Waals surface area (Å²) in [5, 5.41) is 2.78. The van der Waals surface area contributed by atoms with Crippen LogP contribution in [0.1, 0.15) is 18.9 Å². The maximum Gasteiger partial charge on any atom is 0.307 e. The molecule has 2 aromatic rings. The van der Waals surface area contributed by atoms with Gasteiger partial charge in [0, 0.05) is 44.5 Å². The standard InChI is InChI=1S/C22H27N3O3/c1-17(26)23-19-8-10-20(11-9-19)25-13-12-24(15-18-6-4-3-5-7-18)16-21(25)14-22(27)28-2/h3-11,21H,12-16H2,1-2H3,(H,23,26). The van der Waals surface area contributed by atoms with Crippen molar-refractivity contribution in [1.82, 2.24) is 4.90 Å². The van der Waals surface area contributed by atoms with Gasteiger partial charge in [-0.2, -0.15) is 0 Å². The summed E-state index contributed by atoms with van der Waals surface area (Å²) >= 11 is 0. The first kappa shape index (κ1) is 19.9. The van der Waals surface area contributed by atoms with E-state index < -0.39 is 0 Å². The quantitative estimate of drug-likeness (QED) is 0.780. The number of hydrogen-bond acceptors (Lipinski definition) is 5. The number of amides is 1. The molecule has 0 bridgehead atoms. The number of piperazine rings is 1. The van der Waals surface area contributed by atoms with E-state index in [0.29, 0.717) is 6.42 Å². The van der Waals surface area contributed by atoms with E-state index in [2.05, 4.69) is 27.2 Å². The highest BCUT2D eigenvalue weighted by atomic mass is 16.5. The average molecular weight is 381 g/mol. The molecule has 1 heterocycles. The van der Waals surface area contributed by atoms with Gasteiger partial charge in [0.25, 0.3) is 0 Å². The summed E-state index contributed by atoms with van der Waals surface area (Å²) in [6.45, 7) is 4.89. The molecule has 1 aliphatic rings. The topological polar surface area (TPSA) is 61.9 Å². The van der Waals surface area contributed by atoms with E-state index in [0.717, 1.165) is 37.6 Å². The Balaban J connectivity index is 1.72. The Morgan fingerprint density at radius 3 is 2.43 bits per heavy atom. The van der Waals surface area contributed by atoms with Crippen LogP contribution in [0, 0.1) is 0 Å². The predicted molar refractivity (Wildman–Crippen MR) is 110 cm³/mol. The number of ether oxygens (including phenoxy) is 1. The van der Waals surface area contributed by atoms with Crippen LogP contribution in [0.2, 0.25) is 0 Å². The molecule has 1 N–H and O–H groups in total. The van der Waals surface area contributed by atoms with Crippen LogP contribution < -0.4 is 10.2 Å². The molecule has 6 nitrogen and oxygen atoms in total. The van der Waals surface area contributed by atoms with Gasteiger partial charge >= 0.3 is 5.97 Å². The van der Waals surface area contributed by atoms with Gasteiger partial charge in [-0.1, -0.05) is 30.3 Å². The Bertz CT molecular complexity index is 792. The summed E-state index contributed by atoms with van der Waals surface area (Å²) in [4.78, 5) is 27.8. The van der Waals surface area contributed by atoms with E-state index in [-0.39, 0.29) is 17.9 Å². The Labute approximate surface area is 166 Å². The van der Waals surface area contributed by atoms with Gasteiger partial charge in [0.15, 0.2) is 0 Å². The summed E-state index contributed by atoms with van der Waals surface area (Å²) < 4.78 is 4.92. The lowest BCUT2D eigenvalue weighted by molar-refractivity contribution is -0.141. The summed E-state index contributed by atoms with van der Waals surface area (Å²) in [5.74, 6) is -0.294. The molecule has 0 spiro atoms. The molecule has 148 valence electrons. The molecule has 1 amide bonds. The number of methoxy groups -OCH3 is 1. The largest absolute Gasteiger partial charge is 0.469 e. The molecule has 1 unspecified atom stereocenters. The monoisotopic (exact) mass is 381 g/mol. The molecule has 0 saturated carbocycles. The smallest absolute Gasteiger partial charge is 0.307 e. The van der Waals surface area contributed by atoms with Gasteiger partial charge in [0.05, 0.1) is 19.6 Å². The number of anilines is 2. The summed E-state index contributed by atoms with van der Waals surface area (Å²) in [6, 6.07) is 18.2. The molecule has 6 heteroatoms. The second kappa shape index (κ2) is 9.37. The minimum absolute atomic E-state index is 0.0385. The van der Waals surface area contributed by atoms with Crippen LogP contribution in [0.5, 0.6) is 0 Å². The van der Waals surface area contributed by atoms with Crippen molar-refractivity contribution in [1.29, 1.82) is 0 Å². The zero-order chi connectivity index (χ0) is 19.9. The zero-order valence-electron chi connectivity index (χ0n) is 16.4. The maximum atomic E-state index is 12.0. The molecule has 28 heavy (non-hydrogen) atoms. The zero-order valence-corrected chi connectivity index (χ0v) is 16.4. The van der Waals surface area contributed by atoms with Crippen LogP contribution >= 0.6 is 0 Å². The molecular weight excluding hydrogens is 354 g/mol. The van der Waals surface area contributed by atoms with Crippen LogP contribution in [0.15, 0.2) is 54.6 Å². The normalized spacial score (nSPS) is 17.2. The molecule has 1 aliphatic heterocycles. The molecular formula is C22H27N3O3. The van der Waals surface area contributed by atoms with Gasteiger partial charge in [-0.25, -0.2) is 0 Å². The maximum absolute atomic E-state index is 12.0.